The number of aliphatic hydroxyl groups is 1. The van der Waals surface area contributed by atoms with Gasteiger partial charge in [0.15, 0.2) is 0 Å². The van der Waals surface area contributed by atoms with Gasteiger partial charge in [-0.15, -0.1) is 0 Å². The van der Waals surface area contributed by atoms with Gasteiger partial charge in [0.2, 0.25) is 5.60 Å². The maximum atomic E-state index is 14.2. The molecule has 0 saturated carbocycles. The van der Waals surface area contributed by atoms with E-state index in [1.165, 1.54) is 12.1 Å². The van der Waals surface area contributed by atoms with Crippen LogP contribution in [0.25, 0.3) is 28.0 Å². The third-order valence-corrected chi connectivity index (χ3v) is 5.17. The Hall–Kier alpha value is -2.79. The molecule has 0 aromatic heterocycles. The molecule has 2 nitrogen and oxygen atoms in total. The third kappa shape index (κ3) is 1.71. The van der Waals surface area contributed by atoms with Crippen LogP contribution in [-0.2, 0) is 5.60 Å². The second kappa shape index (κ2) is 4.89. The second-order valence-electron chi connectivity index (χ2n) is 6.51. The minimum absolute atomic E-state index is 0.139. The maximum absolute atomic E-state index is 14.2. The normalized spacial score (nSPS) is 20.5. The lowest BCUT2D eigenvalue weighted by Gasteiger charge is -2.31. The fourth-order valence-electron chi connectivity index (χ4n) is 4.14. The Morgan fingerprint density at radius 1 is 0.962 bits per heavy atom. The van der Waals surface area contributed by atoms with Crippen LogP contribution in [0, 0.1) is 0 Å². The lowest BCUT2D eigenvalue weighted by Crippen LogP contribution is -2.42. The summed E-state index contributed by atoms with van der Waals surface area (Å²) in [6.07, 6.45) is -1.58. The van der Waals surface area contributed by atoms with Gasteiger partial charge in [0.05, 0.1) is 0 Å². The first-order valence-corrected chi connectivity index (χ1v) is 8.22. The molecule has 0 spiro atoms. The molecule has 1 N–H and O–H groups in total. The molecular formula is C21H13F3O2. The van der Waals surface area contributed by atoms with Gasteiger partial charge in [0.25, 0.3) is 0 Å². The highest BCUT2D eigenvalue weighted by Crippen LogP contribution is 2.60. The minimum Gasteiger partial charge on any atom is -0.488 e. The third-order valence-electron chi connectivity index (χ3n) is 5.17. The van der Waals surface area contributed by atoms with Crippen molar-refractivity contribution in [3.8, 4) is 16.9 Å². The van der Waals surface area contributed by atoms with Gasteiger partial charge in [-0.05, 0) is 22.6 Å². The summed E-state index contributed by atoms with van der Waals surface area (Å²) in [5.41, 5.74) is -2.24. The van der Waals surface area contributed by atoms with Gasteiger partial charge < -0.3 is 9.84 Å². The molecule has 0 radical (unpaired) electrons. The number of rotatable bonds is 0. The summed E-state index contributed by atoms with van der Waals surface area (Å²) in [5, 5.41) is 12.4. The van der Waals surface area contributed by atoms with Crippen molar-refractivity contribution in [3.63, 3.8) is 0 Å². The molecule has 3 aromatic rings. The Morgan fingerprint density at radius 2 is 1.65 bits per heavy atom. The molecule has 1 heterocycles. The van der Waals surface area contributed by atoms with E-state index >= 15 is 0 Å². The highest BCUT2D eigenvalue weighted by molar-refractivity contribution is 6.08. The van der Waals surface area contributed by atoms with Crippen LogP contribution in [0.1, 0.15) is 16.7 Å². The van der Waals surface area contributed by atoms with Crippen molar-refractivity contribution in [2.75, 3.05) is 6.61 Å². The van der Waals surface area contributed by atoms with E-state index in [1.807, 2.05) is 12.1 Å². The van der Waals surface area contributed by atoms with E-state index < -0.39 is 11.8 Å². The molecule has 0 amide bonds. The van der Waals surface area contributed by atoms with Gasteiger partial charge in [-0.3, -0.25) is 0 Å². The topological polar surface area (TPSA) is 29.5 Å². The van der Waals surface area contributed by atoms with E-state index in [4.69, 9.17) is 4.74 Å². The van der Waals surface area contributed by atoms with E-state index in [9.17, 15) is 18.3 Å². The number of alkyl halides is 3. The molecule has 2 aliphatic rings. The second-order valence-corrected chi connectivity index (χ2v) is 6.51. The lowest BCUT2D eigenvalue weighted by atomic mass is 9.84. The molecule has 1 unspecified atom stereocenters. The zero-order valence-electron chi connectivity index (χ0n) is 13.5. The average Bonchev–Trinajstić information content (AvgIpc) is 2.93. The molecule has 1 aliphatic carbocycles. The zero-order chi connectivity index (χ0) is 18.1. The quantitative estimate of drug-likeness (QED) is 0.614. The monoisotopic (exact) mass is 354 g/mol. The van der Waals surface area contributed by atoms with Crippen molar-refractivity contribution in [1.82, 2.24) is 0 Å². The fraction of sp³-hybridized carbons (Fsp3) is 0.143. The van der Waals surface area contributed by atoms with E-state index in [-0.39, 0.29) is 17.7 Å². The maximum Gasteiger partial charge on any atom is 0.425 e. The molecule has 130 valence electrons. The van der Waals surface area contributed by atoms with Crippen molar-refractivity contribution in [3.05, 3.63) is 71.3 Å². The summed E-state index contributed by atoms with van der Waals surface area (Å²) >= 11 is 0. The molecule has 5 heteroatoms. The highest BCUT2D eigenvalue weighted by Gasteiger charge is 2.62. The largest absolute Gasteiger partial charge is 0.488 e. The molecule has 1 aliphatic heterocycles. The van der Waals surface area contributed by atoms with Crippen molar-refractivity contribution in [2.45, 2.75) is 11.8 Å². The van der Waals surface area contributed by atoms with Crippen molar-refractivity contribution >= 4 is 16.8 Å². The summed E-state index contributed by atoms with van der Waals surface area (Å²) in [7, 11) is 0. The number of halogens is 3. The molecule has 0 bridgehead atoms. The first-order valence-electron chi connectivity index (χ1n) is 8.22. The lowest BCUT2D eigenvalue weighted by molar-refractivity contribution is -0.246. The van der Waals surface area contributed by atoms with Crippen LogP contribution < -0.4 is 4.74 Å². The van der Waals surface area contributed by atoms with Gasteiger partial charge in [0.1, 0.15) is 12.4 Å². The number of benzene rings is 3. The number of hydrogen-bond donors (Lipinski definition) is 1. The van der Waals surface area contributed by atoms with Gasteiger partial charge in [-0.25, -0.2) is 0 Å². The average molecular weight is 354 g/mol. The van der Waals surface area contributed by atoms with Gasteiger partial charge in [-0.1, -0.05) is 54.6 Å². The predicted octanol–water partition coefficient (Wildman–Crippen LogP) is 5.02. The Kier molecular flexibility index (Phi) is 2.91. The van der Waals surface area contributed by atoms with E-state index in [0.29, 0.717) is 27.8 Å². The van der Waals surface area contributed by atoms with E-state index in [0.717, 1.165) is 5.39 Å². The van der Waals surface area contributed by atoms with Crippen molar-refractivity contribution < 1.29 is 23.0 Å². The molecule has 5 rings (SSSR count). The summed E-state index contributed by atoms with van der Waals surface area (Å²) in [6.45, 7) is 0.285. The first kappa shape index (κ1) is 15.5. The van der Waals surface area contributed by atoms with Crippen LogP contribution in [0.5, 0.6) is 5.75 Å². The van der Waals surface area contributed by atoms with Crippen LogP contribution in [-0.4, -0.2) is 17.9 Å². The first-order chi connectivity index (χ1) is 12.4. The Morgan fingerprint density at radius 3 is 2.42 bits per heavy atom. The SMILES string of the molecule is OC1(C(F)(F)F)c2ccccc2-c2c1c1c(c3ccccc23)OCC=C1. The molecule has 0 fully saturated rings. The Labute approximate surface area is 147 Å². The summed E-state index contributed by atoms with van der Waals surface area (Å²) < 4.78 is 48.2. The predicted molar refractivity (Wildman–Crippen MR) is 93.0 cm³/mol. The fourth-order valence-corrected chi connectivity index (χ4v) is 4.14. The van der Waals surface area contributed by atoms with E-state index in [2.05, 4.69) is 0 Å². The standard InChI is InChI=1S/C21H13F3O2/c22-21(23,24)20(25)16-10-4-3-8-14(16)17-12-6-1-2-7-13(12)19-15(18(17)20)9-5-11-26-19/h1-10,25H,11H2. The van der Waals surface area contributed by atoms with Crippen LogP contribution >= 0.6 is 0 Å². The van der Waals surface area contributed by atoms with Crippen LogP contribution in [0.3, 0.4) is 0 Å². The zero-order valence-corrected chi connectivity index (χ0v) is 13.5. The minimum atomic E-state index is -4.87. The molecule has 3 aromatic carbocycles. The van der Waals surface area contributed by atoms with Crippen LogP contribution in [0.4, 0.5) is 13.2 Å². The molecule has 0 saturated heterocycles. The van der Waals surface area contributed by atoms with Crippen LogP contribution in [0.15, 0.2) is 54.6 Å². The highest BCUT2D eigenvalue weighted by atomic mass is 19.4. The molecular weight excluding hydrogens is 341 g/mol. The number of ether oxygens (including phenoxy) is 1. The molecule has 1 atom stereocenters. The molecule has 26 heavy (non-hydrogen) atoms. The Bertz CT molecular complexity index is 1100. The summed E-state index contributed by atoms with van der Waals surface area (Å²) in [6, 6.07) is 13.4. The van der Waals surface area contributed by atoms with Crippen molar-refractivity contribution in [1.29, 1.82) is 0 Å². The summed E-state index contributed by atoms with van der Waals surface area (Å²) in [5.74, 6) is 0.386. The summed E-state index contributed by atoms with van der Waals surface area (Å²) in [4.78, 5) is 0. The Balaban J connectivity index is 2.06. The van der Waals surface area contributed by atoms with E-state index in [1.54, 1.807) is 36.4 Å². The van der Waals surface area contributed by atoms with Crippen molar-refractivity contribution in [2.24, 2.45) is 0 Å². The van der Waals surface area contributed by atoms with Gasteiger partial charge in [0, 0.05) is 22.1 Å². The number of hydrogen-bond acceptors (Lipinski definition) is 2. The van der Waals surface area contributed by atoms with Gasteiger partial charge in [-0.2, -0.15) is 13.2 Å². The van der Waals surface area contributed by atoms with Crippen LogP contribution in [0.2, 0.25) is 0 Å². The smallest absolute Gasteiger partial charge is 0.425 e. The number of fused-ring (bicyclic) bond motifs is 8. The van der Waals surface area contributed by atoms with Gasteiger partial charge >= 0.3 is 6.18 Å².